The quantitative estimate of drug-likeness (QED) is 0.779. The Kier molecular flexibility index (Phi) is 3.06. The molecule has 18 heavy (non-hydrogen) atoms. The maximum atomic E-state index is 12.1. The number of carbonyl (C=O) groups excluding carboxylic acids is 1. The van der Waals surface area contributed by atoms with Crippen molar-refractivity contribution in [1.29, 1.82) is 0 Å². The Morgan fingerprint density at radius 2 is 2.11 bits per heavy atom. The molecule has 1 aromatic rings. The summed E-state index contributed by atoms with van der Waals surface area (Å²) in [5, 5.41) is 3.11. The molecule has 0 amide bonds. The van der Waals surface area contributed by atoms with Crippen molar-refractivity contribution in [2.45, 2.75) is 24.8 Å². The minimum atomic E-state index is -3.34. The number of ether oxygens (including phenoxy) is 1. The number of fused-ring (bicyclic) bond motifs is 1. The van der Waals surface area contributed by atoms with Crippen molar-refractivity contribution in [3.63, 3.8) is 0 Å². The van der Waals surface area contributed by atoms with Crippen LogP contribution in [0.4, 0.5) is 5.69 Å². The van der Waals surface area contributed by atoms with E-state index >= 15 is 0 Å². The Hall–Kier alpha value is -1.56. The number of hydrogen-bond donors (Lipinski definition) is 1. The third-order valence-corrected chi connectivity index (χ3v) is 4.88. The number of esters is 1. The molecule has 1 heterocycles. The molecule has 1 atom stereocenters. The lowest BCUT2D eigenvalue weighted by molar-refractivity contribution is 0.0599. The second-order valence-corrected chi connectivity index (χ2v) is 6.48. The molecule has 0 fully saturated rings. The topological polar surface area (TPSA) is 72.5 Å². The zero-order chi connectivity index (χ0) is 13.5. The first-order valence-electron chi connectivity index (χ1n) is 5.57. The van der Waals surface area contributed by atoms with Gasteiger partial charge >= 0.3 is 5.97 Å². The second-order valence-electron chi connectivity index (χ2n) is 4.48. The number of nitrogens with one attached hydrogen (secondary N) is 1. The summed E-state index contributed by atoms with van der Waals surface area (Å²) in [4.78, 5) is 11.7. The number of hydrogen-bond acceptors (Lipinski definition) is 5. The third kappa shape index (κ3) is 2.08. The maximum Gasteiger partial charge on any atom is 0.338 e. The van der Waals surface area contributed by atoms with Gasteiger partial charge in [0.2, 0.25) is 0 Å². The van der Waals surface area contributed by atoms with Crippen LogP contribution in [0.2, 0.25) is 0 Å². The van der Waals surface area contributed by atoms with Gasteiger partial charge in [0.25, 0.3) is 0 Å². The summed E-state index contributed by atoms with van der Waals surface area (Å²) in [6, 6.07) is 2.94. The molecule has 0 bridgehead atoms. The first-order chi connectivity index (χ1) is 8.35. The zero-order valence-corrected chi connectivity index (χ0v) is 11.3. The molecule has 0 aliphatic carbocycles. The van der Waals surface area contributed by atoms with E-state index in [0.29, 0.717) is 11.3 Å². The summed E-state index contributed by atoms with van der Waals surface area (Å²) in [5.41, 5.74) is 1.53. The summed E-state index contributed by atoms with van der Waals surface area (Å²) >= 11 is 0. The van der Waals surface area contributed by atoms with Crippen LogP contribution in [-0.4, -0.2) is 33.3 Å². The average molecular weight is 269 g/mol. The molecular weight excluding hydrogens is 254 g/mol. The number of anilines is 1. The van der Waals surface area contributed by atoms with Crippen LogP contribution < -0.4 is 5.32 Å². The molecular formula is C12H15NO4S. The molecule has 0 saturated carbocycles. The van der Waals surface area contributed by atoms with Gasteiger partial charge in [-0.1, -0.05) is 0 Å². The van der Waals surface area contributed by atoms with Crippen LogP contribution >= 0.6 is 0 Å². The predicted octanol–water partition coefficient (Wildman–Crippen LogP) is 1.37. The highest BCUT2D eigenvalue weighted by Crippen LogP contribution is 2.31. The fraction of sp³-hybridized carbons (Fsp3) is 0.417. The fourth-order valence-corrected chi connectivity index (χ4v) is 3.79. The Balaban J connectivity index is 2.65. The molecule has 1 aliphatic heterocycles. The highest BCUT2D eigenvalue weighted by Gasteiger charge is 2.29. The summed E-state index contributed by atoms with van der Waals surface area (Å²) in [6.07, 6.45) is 0. The van der Waals surface area contributed by atoms with Crippen LogP contribution in [-0.2, 0) is 14.6 Å². The van der Waals surface area contributed by atoms with E-state index in [0.717, 1.165) is 0 Å². The smallest absolute Gasteiger partial charge is 0.338 e. The largest absolute Gasteiger partial charge is 0.465 e. The Labute approximate surface area is 106 Å². The SMILES string of the molecule is COC(=O)c1cc2c(cc1C)NC(C)CS2(=O)=O. The van der Waals surface area contributed by atoms with E-state index in [-0.39, 0.29) is 22.3 Å². The molecule has 1 N–H and O–H groups in total. The summed E-state index contributed by atoms with van der Waals surface area (Å²) < 4.78 is 28.8. The van der Waals surface area contributed by atoms with Crippen LogP contribution in [0.15, 0.2) is 17.0 Å². The molecule has 0 radical (unpaired) electrons. The molecule has 1 aromatic carbocycles. The highest BCUT2D eigenvalue weighted by molar-refractivity contribution is 7.91. The lowest BCUT2D eigenvalue weighted by Crippen LogP contribution is -2.32. The number of rotatable bonds is 1. The minimum absolute atomic E-state index is 0.0314. The molecule has 0 saturated heterocycles. The molecule has 0 spiro atoms. The third-order valence-electron chi connectivity index (χ3n) is 2.94. The normalized spacial score (nSPS) is 20.7. The average Bonchev–Trinajstić information content (AvgIpc) is 2.25. The lowest BCUT2D eigenvalue weighted by atomic mass is 10.1. The van der Waals surface area contributed by atoms with Crippen LogP contribution in [0.1, 0.15) is 22.8 Å². The van der Waals surface area contributed by atoms with Crippen molar-refractivity contribution < 1.29 is 17.9 Å². The second kappa shape index (κ2) is 4.28. The fourth-order valence-electron chi connectivity index (χ4n) is 2.11. The van der Waals surface area contributed by atoms with Gasteiger partial charge in [0.15, 0.2) is 9.84 Å². The zero-order valence-electron chi connectivity index (χ0n) is 10.5. The molecule has 2 rings (SSSR count). The van der Waals surface area contributed by atoms with Crippen molar-refractivity contribution in [3.05, 3.63) is 23.3 Å². The van der Waals surface area contributed by atoms with E-state index in [1.807, 2.05) is 6.92 Å². The lowest BCUT2D eigenvalue weighted by Gasteiger charge is -2.25. The first-order valence-corrected chi connectivity index (χ1v) is 7.22. The van der Waals surface area contributed by atoms with Crippen LogP contribution in [0.5, 0.6) is 0 Å². The van der Waals surface area contributed by atoms with Crippen LogP contribution in [0.3, 0.4) is 0 Å². The van der Waals surface area contributed by atoms with Crippen LogP contribution in [0.25, 0.3) is 0 Å². The standard InChI is InChI=1S/C12H15NO4S/c1-7-4-10-11(5-9(7)12(14)17-3)18(15,16)6-8(2)13-10/h4-5,8,13H,6H2,1-3H3. The number of methoxy groups -OCH3 is 1. The van der Waals surface area contributed by atoms with E-state index in [2.05, 4.69) is 10.1 Å². The van der Waals surface area contributed by atoms with Gasteiger partial charge in [0, 0.05) is 6.04 Å². The minimum Gasteiger partial charge on any atom is -0.465 e. The van der Waals surface area contributed by atoms with Crippen molar-refractivity contribution >= 4 is 21.5 Å². The van der Waals surface area contributed by atoms with Crippen LogP contribution in [0, 0.1) is 6.92 Å². The van der Waals surface area contributed by atoms with Crippen molar-refractivity contribution in [2.75, 3.05) is 18.2 Å². The van der Waals surface area contributed by atoms with Gasteiger partial charge in [-0.3, -0.25) is 0 Å². The van der Waals surface area contributed by atoms with Crippen molar-refractivity contribution in [3.8, 4) is 0 Å². The Bertz CT molecular complexity index is 607. The number of sulfone groups is 1. The number of benzene rings is 1. The first kappa shape index (κ1) is 12.9. The van der Waals surface area contributed by atoms with Gasteiger partial charge in [-0.2, -0.15) is 0 Å². The highest BCUT2D eigenvalue weighted by atomic mass is 32.2. The molecule has 0 aromatic heterocycles. The maximum absolute atomic E-state index is 12.1. The van der Waals surface area contributed by atoms with Gasteiger partial charge < -0.3 is 10.1 Å². The Morgan fingerprint density at radius 1 is 1.44 bits per heavy atom. The molecule has 6 heteroatoms. The molecule has 1 aliphatic rings. The summed E-state index contributed by atoms with van der Waals surface area (Å²) in [7, 11) is -2.07. The van der Waals surface area contributed by atoms with Gasteiger partial charge in [0.05, 0.1) is 29.0 Å². The molecule has 5 nitrogen and oxygen atoms in total. The monoisotopic (exact) mass is 269 g/mol. The van der Waals surface area contributed by atoms with Crippen molar-refractivity contribution in [2.24, 2.45) is 0 Å². The van der Waals surface area contributed by atoms with E-state index in [4.69, 9.17) is 0 Å². The van der Waals surface area contributed by atoms with Gasteiger partial charge in [0.1, 0.15) is 0 Å². The summed E-state index contributed by atoms with van der Waals surface area (Å²) in [6.45, 7) is 3.56. The van der Waals surface area contributed by atoms with Gasteiger partial charge in [-0.15, -0.1) is 0 Å². The summed E-state index contributed by atoms with van der Waals surface area (Å²) in [5.74, 6) is -0.493. The van der Waals surface area contributed by atoms with Crippen molar-refractivity contribution in [1.82, 2.24) is 0 Å². The van der Waals surface area contributed by atoms with E-state index in [1.54, 1.807) is 13.0 Å². The molecule has 1 unspecified atom stereocenters. The Morgan fingerprint density at radius 3 is 2.72 bits per heavy atom. The predicted molar refractivity (Wildman–Crippen MR) is 67.7 cm³/mol. The molecule has 98 valence electrons. The number of aryl methyl sites for hydroxylation is 1. The van der Waals surface area contributed by atoms with Gasteiger partial charge in [-0.05, 0) is 31.5 Å². The number of carbonyl (C=O) groups is 1. The van der Waals surface area contributed by atoms with Gasteiger partial charge in [-0.25, -0.2) is 13.2 Å². The van der Waals surface area contributed by atoms with E-state index < -0.39 is 15.8 Å². The van der Waals surface area contributed by atoms with E-state index in [1.165, 1.54) is 13.2 Å². The van der Waals surface area contributed by atoms with E-state index in [9.17, 15) is 13.2 Å².